The van der Waals surface area contributed by atoms with Gasteiger partial charge in [0.1, 0.15) is 12.7 Å². The first kappa shape index (κ1) is 20.8. The predicted molar refractivity (Wildman–Crippen MR) is 127 cm³/mol. The molecular weight excluding hydrogens is 404 g/mol. The lowest BCUT2D eigenvalue weighted by Gasteiger charge is -2.14. The number of aryl methyl sites for hydroxylation is 1. The van der Waals surface area contributed by atoms with Gasteiger partial charge in [0.05, 0.1) is 13.1 Å². The van der Waals surface area contributed by atoms with Gasteiger partial charge in [0.25, 0.3) is 0 Å². The molecule has 2 N–H and O–H groups in total. The molecule has 0 saturated heterocycles. The number of rotatable bonds is 7. The first-order valence-electron chi connectivity index (χ1n) is 10.2. The van der Waals surface area contributed by atoms with Gasteiger partial charge in [-0.05, 0) is 41.3 Å². The van der Waals surface area contributed by atoms with Crippen LogP contribution >= 0.6 is 11.3 Å². The van der Waals surface area contributed by atoms with Crippen molar-refractivity contribution in [1.82, 2.24) is 25.4 Å². The van der Waals surface area contributed by atoms with Crippen LogP contribution in [0.5, 0.6) is 0 Å². The number of aliphatic imine (C=N–C) groups is 1. The fourth-order valence-electron chi connectivity index (χ4n) is 3.40. The van der Waals surface area contributed by atoms with E-state index in [0.717, 1.165) is 19.0 Å². The highest BCUT2D eigenvalue weighted by Gasteiger charge is 2.07. The van der Waals surface area contributed by atoms with E-state index < -0.39 is 0 Å². The molecule has 4 aromatic rings. The minimum atomic E-state index is 0.694. The van der Waals surface area contributed by atoms with Crippen molar-refractivity contribution in [1.29, 1.82) is 0 Å². The van der Waals surface area contributed by atoms with Crippen LogP contribution in [0.4, 0.5) is 0 Å². The lowest BCUT2D eigenvalue weighted by Crippen LogP contribution is -2.36. The van der Waals surface area contributed by atoms with Crippen LogP contribution in [-0.4, -0.2) is 27.8 Å². The average Bonchev–Trinajstić information content (AvgIpc) is 3.46. The van der Waals surface area contributed by atoms with E-state index in [1.54, 1.807) is 31.0 Å². The summed E-state index contributed by atoms with van der Waals surface area (Å²) >= 11 is 1.80. The van der Waals surface area contributed by atoms with E-state index >= 15 is 0 Å². The number of benzene rings is 2. The zero-order chi connectivity index (χ0) is 21.5. The lowest BCUT2D eigenvalue weighted by molar-refractivity contribution is 0.685. The summed E-state index contributed by atoms with van der Waals surface area (Å²) in [5, 5.41) is 11.0. The second-order valence-electron chi connectivity index (χ2n) is 7.24. The van der Waals surface area contributed by atoms with Crippen LogP contribution in [0.25, 0.3) is 11.1 Å². The second-order valence-corrected chi connectivity index (χ2v) is 8.61. The van der Waals surface area contributed by atoms with Crippen molar-refractivity contribution in [3.8, 4) is 11.1 Å². The van der Waals surface area contributed by atoms with E-state index in [4.69, 9.17) is 0 Å². The number of nitrogens with one attached hydrogen (secondary N) is 2. The summed E-state index contributed by atoms with van der Waals surface area (Å²) in [7, 11) is 1.80. The van der Waals surface area contributed by atoms with Crippen molar-refractivity contribution in [3.63, 3.8) is 0 Å². The van der Waals surface area contributed by atoms with Gasteiger partial charge in [0.2, 0.25) is 0 Å². The number of thiophene rings is 1. The molecule has 0 radical (unpaired) electrons. The molecule has 0 amide bonds. The van der Waals surface area contributed by atoms with Gasteiger partial charge < -0.3 is 10.6 Å². The van der Waals surface area contributed by atoms with E-state index in [1.807, 2.05) is 4.68 Å². The van der Waals surface area contributed by atoms with Crippen LogP contribution in [0.2, 0.25) is 0 Å². The van der Waals surface area contributed by atoms with E-state index in [-0.39, 0.29) is 0 Å². The molecule has 0 unspecified atom stereocenters. The normalized spacial score (nSPS) is 11.5. The van der Waals surface area contributed by atoms with Gasteiger partial charge in [-0.3, -0.25) is 4.99 Å². The van der Waals surface area contributed by atoms with Crippen molar-refractivity contribution in [2.75, 3.05) is 7.05 Å². The standard InChI is InChI=1S/C24H26N6S/c1-18-7-12-22(31-18)14-28-24(25-2)27-13-21-5-3-4-6-23(21)20-10-8-19(9-11-20)15-30-17-26-16-29-30/h3-12,16-17H,13-15H2,1-2H3,(H2,25,27,28). The first-order valence-corrected chi connectivity index (χ1v) is 11.0. The quantitative estimate of drug-likeness (QED) is 0.340. The Morgan fingerprint density at radius 1 is 1.00 bits per heavy atom. The van der Waals surface area contributed by atoms with Gasteiger partial charge in [0, 0.05) is 23.3 Å². The Labute approximate surface area is 186 Å². The van der Waals surface area contributed by atoms with Crippen molar-refractivity contribution in [3.05, 3.63) is 94.2 Å². The van der Waals surface area contributed by atoms with Crippen LogP contribution in [0.1, 0.15) is 20.9 Å². The lowest BCUT2D eigenvalue weighted by atomic mass is 9.98. The Balaban J connectivity index is 1.40. The summed E-state index contributed by atoms with van der Waals surface area (Å²) in [6, 6.07) is 21.4. The number of nitrogens with zero attached hydrogens (tertiary/aromatic N) is 4. The minimum absolute atomic E-state index is 0.694. The topological polar surface area (TPSA) is 67.1 Å². The van der Waals surface area contributed by atoms with Crippen molar-refractivity contribution in [2.24, 2.45) is 4.99 Å². The van der Waals surface area contributed by atoms with E-state index in [2.05, 4.69) is 93.3 Å². The molecule has 0 bridgehead atoms. The molecule has 0 saturated carbocycles. The summed E-state index contributed by atoms with van der Waals surface area (Å²) < 4.78 is 1.82. The minimum Gasteiger partial charge on any atom is -0.352 e. The van der Waals surface area contributed by atoms with Gasteiger partial charge in [-0.15, -0.1) is 11.3 Å². The Kier molecular flexibility index (Phi) is 6.74. The Hall–Kier alpha value is -3.45. The van der Waals surface area contributed by atoms with Crippen LogP contribution in [-0.2, 0) is 19.6 Å². The molecule has 7 heteroatoms. The summed E-state index contributed by atoms with van der Waals surface area (Å²) in [6.07, 6.45) is 3.29. The van der Waals surface area contributed by atoms with E-state index in [0.29, 0.717) is 6.54 Å². The molecule has 0 aliphatic carbocycles. The van der Waals surface area contributed by atoms with Crippen LogP contribution in [0.3, 0.4) is 0 Å². The summed E-state index contributed by atoms with van der Waals surface area (Å²) in [4.78, 5) is 11.0. The number of guanidine groups is 1. The summed E-state index contributed by atoms with van der Waals surface area (Å²) in [5.41, 5.74) is 4.82. The fourth-order valence-corrected chi connectivity index (χ4v) is 4.23. The van der Waals surface area contributed by atoms with Gasteiger partial charge >= 0.3 is 0 Å². The third-order valence-corrected chi connectivity index (χ3v) is 5.99. The van der Waals surface area contributed by atoms with Gasteiger partial charge in [-0.2, -0.15) is 5.10 Å². The number of aromatic nitrogens is 3. The largest absolute Gasteiger partial charge is 0.352 e. The molecule has 4 rings (SSSR count). The summed E-state index contributed by atoms with van der Waals surface area (Å²) in [5.74, 6) is 0.795. The molecule has 158 valence electrons. The summed E-state index contributed by atoms with van der Waals surface area (Å²) in [6.45, 7) is 4.31. The Morgan fingerprint density at radius 3 is 2.52 bits per heavy atom. The van der Waals surface area contributed by atoms with Crippen molar-refractivity contribution >= 4 is 17.3 Å². The van der Waals surface area contributed by atoms with Crippen LogP contribution in [0.15, 0.2) is 78.3 Å². The predicted octanol–water partition coefficient (Wildman–Crippen LogP) is 4.23. The van der Waals surface area contributed by atoms with Crippen LogP contribution < -0.4 is 10.6 Å². The zero-order valence-corrected chi connectivity index (χ0v) is 18.6. The monoisotopic (exact) mass is 430 g/mol. The maximum atomic E-state index is 4.36. The van der Waals surface area contributed by atoms with E-state index in [1.165, 1.54) is 32.0 Å². The average molecular weight is 431 g/mol. The molecule has 0 spiro atoms. The Bertz CT molecular complexity index is 1130. The molecule has 0 fully saturated rings. The molecule has 2 aromatic heterocycles. The fraction of sp³-hybridized carbons (Fsp3) is 0.208. The smallest absolute Gasteiger partial charge is 0.191 e. The number of hydrogen-bond acceptors (Lipinski definition) is 4. The third kappa shape index (κ3) is 5.58. The van der Waals surface area contributed by atoms with Gasteiger partial charge in [-0.1, -0.05) is 48.5 Å². The molecule has 2 aromatic carbocycles. The molecule has 0 aliphatic rings. The van der Waals surface area contributed by atoms with Crippen molar-refractivity contribution in [2.45, 2.75) is 26.6 Å². The molecule has 6 nitrogen and oxygen atoms in total. The van der Waals surface area contributed by atoms with Gasteiger partial charge in [0.15, 0.2) is 5.96 Å². The zero-order valence-electron chi connectivity index (χ0n) is 17.7. The van der Waals surface area contributed by atoms with Crippen molar-refractivity contribution < 1.29 is 0 Å². The van der Waals surface area contributed by atoms with E-state index in [9.17, 15) is 0 Å². The highest BCUT2D eigenvalue weighted by molar-refractivity contribution is 7.11. The maximum Gasteiger partial charge on any atom is 0.191 e. The highest BCUT2D eigenvalue weighted by atomic mass is 32.1. The van der Waals surface area contributed by atoms with Gasteiger partial charge in [-0.25, -0.2) is 9.67 Å². The molecule has 0 atom stereocenters. The molecule has 0 aliphatic heterocycles. The third-order valence-electron chi connectivity index (χ3n) is 4.99. The highest BCUT2D eigenvalue weighted by Crippen LogP contribution is 2.24. The molecule has 31 heavy (non-hydrogen) atoms. The molecule has 2 heterocycles. The molecular formula is C24H26N6S. The van der Waals surface area contributed by atoms with Crippen LogP contribution in [0, 0.1) is 6.92 Å². The second kappa shape index (κ2) is 10.0. The maximum absolute atomic E-state index is 4.36. The number of hydrogen-bond donors (Lipinski definition) is 2. The Morgan fingerprint density at radius 2 is 1.81 bits per heavy atom. The first-order chi connectivity index (χ1) is 15.2. The SMILES string of the molecule is CN=C(NCc1ccc(C)s1)NCc1ccccc1-c1ccc(Cn2cncn2)cc1.